The van der Waals surface area contributed by atoms with Crippen molar-refractivity contribution in [1.82, 2.24) is 0 Å². The van der Waals surface area contributed by atoms with Crippen molar-refractivity contribution in [3.63, 3.8) is 0 Å². The smallest absolute Gasteiger partial charge is 0.279 e. The van der Waals surface area contributed by atoms with Gasteiger partial charge in [0, 0.05) is 0 Å². The average molecular weight is 736 g/mol. The van der Waals surface area contributed by atoms with E-state index in [1.165, 1.54) is 13.6 Å². The van der Waals surface area contributed by atoms with Crippen LogP contribution in [0.1, 0.15) is 0 Å². The molecule has 0 N–H and O–H groups in total. The van der Waals surface area contributed by atoms with Gasteiger partial charge in [-0.15, -0.1) is 0 Å². The Balaban J connectivity index is 8.47. The molecule has 0 rings (SSSR count). The predicted molar refractivity (Wildman–Crippen MR) is 72.9 cm³/mol. The van der Waals surface area contributed by atoms with Crippen molar-refractivity contribution in [1.29, 1.82) is 0 Å². The van der Waals surface area contributed by atoms with Crippen LogP contribution in [0.15, 0.2) is 0 Å². The molecule has 0 aliphatic heterocycles. The SMILES string of the molecule is FC(F)(F)C(OP(OC(C(F)(F)F)(C(F)(F)F)C(F)(F)F)OC(C(F)(F)F)(C(F)(F)F)C(F)(F)F)(C(F)(F)F)C(F)(F)F. The quantitative estimate of drug-likeness (QED) is 0.201. The molecule has 0 heterocycles. The first-order chi connectivity index (χ1) is 18.0. The zero-order chi connectivity index (χ0) is 35.7. The van der Waals surface area contributed by atoms with Gasteiger partial charge in [-0.1, -0.05) is 0 Å². The summed E-state index contributed by atoms with van der Waals surface area (Å²) in [4.78, 5) is 0. The Labute approximate surface area is 214 Å². The van der Waals surface area contributed by atoms with E-state index < -0.39 is 81.0 Å². The van der Waals surface area contributed by atoms with Crippen LogP contribution in [0.5, 0.6) is 0 Å². The Hall–Kier alpha value is -1.58. The Morgan fingerprint density at radius 3 is 0.372 bits per heavy atom. The largest absolute Gasteiger partial charge is 0.436 e. The fourth-order valence-corrected chi connectivity index (χ4v) is 4.02. The molecule has 0 saturated carbocycles. The highest BCUT2D eigenvalue weighted by Crippen LogP contribution is 2.70. The number of hydrogen-bond donors (Lipinski definition) is 0. The first-order valence-corrected chi connectivity index (χ1v) is 9.61. The molecule has 0 bridgehead atoms. The molecule has 0 spiro atoms. The summed E-state index contributed by atoms with van der Waals surface area (Å²) in [5.74, 6) is 0. The Kier molecular flexibility index (Phi) is 10.4. The minimum absolute atomic E-state index is 1.46. The molecular weight excluding hydrogens is 736 g/mol. The summed E-state index contributed by atoms with van der Waals surface area (Å²) in [5, 5.41) is 0. The standard InChI is InChI=1S/C12F27O3P/c13-4(14,15)1(5(16,17)18,6(19,20)21)40-43(41-2(7(22,23)24,8(25,26)27)9(28,29)30)42-3(10(31,32)33,11(34,35)36)12(37,38)39. The van der Waals surface area contributed by atoms with E-state index in [-0.39, 0.29) is 0 Å². The van der Waals surface area contributed by atoms with Crippen LogP contribution in [-0.4, -0.2) is 72.4 Å². The summed E-state index contributed by atoms with van der Waals surface area (Å²) in [6.07, 6.45) is -78.0. The van der Waals surface area contributed by atoms with Crippen molar-refractivity contribution in [3.05, 3.63) is 0 Å². The first kappa shape index (κ1) is 41.4. The Morgan fingerprint density at radius 1 is 0.209 bits per heavy atom. The molecule has 0 amide bonds. The molecule has 0 fully saturated rings. The number of halogens is 27. The molecule has 0 radical (unpaired) electrons. The molecule has 260 valence electrons. The van der Waals surface area contributed by atoms with E-state index in [0.717, 1.165) is 0 Å². The molecule has 43 heavy (non-hydrogen) atoms. The second-order valence-corrected chi connectivity index (χ2v) is 8.02. The van der Waals surface area contributed by atoms with Crippen LogP contribution < -0.4 is 0 Å². The third-order valence-corrected chi connectivity index (χ3v) is 5.50. The van der Waals surface area contributed by atoms with E-state index in [0.29, 0.717) is 0 Å². The van der Waals surface area contributed by atoms with Gasteiger partial charge in [-0.05, 0) is 0 Å². The van der Waals surface area contributed by atoms with E-state index in [1.807, 2.05) is 0 Å². The lowest BCUT2D eigenvalue weighted by Crippen LogP contribution is -2.70. The normalized spacial score (nSPS) is 16.7. The van der Waals surface area contributed by atoms with Crippen molar-refractivity contribution >= 4 is 8.60 Å². The highest BCUT2D eigenvalue weighted by molar-refractivity contribution is 7.41. The predicted octanol–water partition coefficient (Wildman–Crippen LogP) is 9.54. The van der Waals surface area contributed by atoms with Crippen molar-refractivity contribution < 1.29 is 132 Å². The second-order valence-electron chi connectivity index (χ2n) is 7.02. The highest BCUT2D eigenvalue weighted by Gasteiger charge is 2.92. The van der Waals surface area contributed by atoms with Crippen LogP contribution in [0.3, 0.4) is 0 Å². The van der Waals surface area contributed by atoms with Gasteiger partial charge in [0.2, 0.25) is 0 Å². The molecule has 0 aliphatic rings. The number of hydrogen-bond acceptors (Lipinski definition) is 3. The molecule has 0 aromatic carbocycles. The van der Waals surface area contributed by atoms with Crippen LogP contribution in [0.25, 0.3) is 0 Å². The van der Waals surface area contributed by atoms with Gasteiger partial charge in [0.15, 0.2) is 0 Å². The lowest BCUT2D eigenvalue weighted by molar-refractivity contribution is -0.462. The van der Waals surface area contributed by atoms with Gasteiger partial charge in [0.05, 0.1) is 0 Å². The van der Waals surface area contributed by atoms with E-state index in [1.54, 1.807) is 0 Å². The molecule has 0 aromatic rings. The molecule has 31 heteroatoms. The van der Waals surface area contributed by atoms with Crippen molar-refractivity contribution in [2.75, 3.05) is 0 Å². The third-order valence-electron chi connectivity index (χ3n) is 4.23. The molecular formula is C12F27O3P. The average Bonchev–Trinajstić information content (AvgIpc) is 2.57. The summed E-state index contributed by atoms with van der Waals surface area (Å²) in [5.41, 5.74) is -26.4. The lowest BCUT2D eigenvalue weighted by atomic mass is 10.0. The number of alkyl halides is 27. The topological polar surface area (TPSA) is 27.7 Å². The lowest BCUT2D eigenvalue weighted by Gasteiger charge is -2.45. The molecule has 0 aliphatic carbocycles. The maximum Gasteiger partial charge on any atom is 0.436 e. The van der Waals surface area contributed by atoms with Crippen LogP contribution in [-0.2, 0) is 13.6 Å². The van der Waals surface area contributed by atoms with Gasteiger partial charge in [-0.3, -0.25) is 13.6 Å². The van der Waals surface area contributed by atoms with E-state index in [2.05, 4.69) is 0 Å². The first-order valence-electron chi connectivity index (χ1n) is 8.51. The summed E-state index contributed by atoms with van der Waals surface area (Å²) in [6, 6.07) is 0. The van der Waals surface area contributed by atoms with Crippen LogP contribution in [0.4, 0.5) is 119 Å². The monoisotopic (exact) mass is 736 g/mol. The Morgan fingerprint density at radius 2 is 0.302 bits per heavy atom. The Bertz CT molecular complexity index is 714. The maximum atomic E-state index is 13.0. The highest BCUT2D eigenvalue weighted by atomic mass is 31.2. The summed E-state index contributed by atoms with van der Waals surface area (Å²) in [6.45, 7) is 0. The molecule has 0 atom stereocenters. The van der Waals surface area contributed by atoms with Gasteiger partial charge < -0.3 is 0 Å². The van der Waals surface area contributed by atoms with Crippen LogP contribution in [0.2, 0.25) is 0 Å². The molecule has 0 saturated heterocycles. The minimum atomic E-state index is -8.80. The van der Waals surface area contributed by atoms with Crippen molar-refractivity contribution in [2.45, 2.75) is 72.4 Å². The van der Waals surface area contributed by atoms with Gasteiger partial charge in [0.25, 0.3) is 0 Å². The van der Waals surface area contributed by atoms with Crippen LogP contribution >= 0.6 is 8.60 Å². The van der Waals surface area contributed by atoms with E-state index in [4.69, 9.17) is 0 Å². The second kappa shape index (κ2) is 10.8. The summed E-state index contributed by atoms with van der Waals surface area (Å²) >= 11 is 0. The van der Waals surface area contributed by atoms with E-state index in [9.17, 15) is 119 Å². The maximum absolute atomic E-state index is 13.0. The molecule has 3 nitrogen and oxygen atoms in total. The van der Waals surface area contributed by atoms with Gasteiger partial charge in [-0.2, -0.15) is 119 Å². The zero-order valence-corrected chi connectivity index (χ0v) is 18.8. The molecule has 0 unspecified atom stereocenters. The van der Waals surface area contributed by atoms with Crippen LogP contribution in [0, 0.1) is 0 Å². The molecule has 0 aromatic heterocycles. The van der Waals surface area contributed by atoms with Gasteiger partial charge >= 0.3 is 81.0 Å². The summed E-state index contributed by atoms with van der Waals surface area (Å²) < 4.78 is 355. The summed E-state index contributed by atoms with van der Waals surface area (Å²) in [7, 11) is -8.38. The van der Waals surface area contributed by atoms with Gasteiger partial charge in [-0.25, -0.2) is 0 Å². The zero-order valence-electron chi connectivity index (χ0n) is 17.9. The van der Waals surface area contributed by atoms with Crippen molar-refractivity contribution in [3.8, 4) is 0 Å². The fourth-order valence-electron chi connectivity index (χ4n) is 2.30. The van der Waals surface area contributed by atoms with E-state index >= 15 is 0 Å². The van der Waals surface area contributed by atoms with Gasteiger partial charge in [0.1, 0.15) is 0 Å². The minimum Gasteiger partial charge on any atom is -0.279 e. The fraction of sp³-hybridized carbons (Fsp3) is 1.00. The number of rotatable bonds is 6. The van der Waals surface area contributed by atoms with Crippen molar-refractivity contribution in [2.24, 2.45) is 0 Å². The third kappa shape index (κ3) is 6.69.